The molecule has 0 heterocycles. The second-order valence-corrected chi connectivity index (χ2v) is 3.29. The Morgan fingerprint density at radius 1 is 1.36 bits per heavy atom. The summed E-state index contributed by atoms with van der Waals surface area (Å²) in [6.45, 7) is 0. The van der Waals surface area contributed by atoms with E-state index < -0.39 is 17.7 Å². The van der Waals surface area contributed by atoms with E-state index >= 15 is 0 Å². The van der Waals surface area contributed by atoms with Gasteiger partial charge in [0, 0.05) is 16.1 Å². The monoisotopic (exact) mass is 235 g/mol. The van der Waals surface area contributed by atoms with Crippen LogP contribution in [0, 0.1) is 10.1 Å². The maximum atomic E-state index is 10.5. The summed E-state index contributed by atoms with van der Waals surface area (Å²) in [5.41, 5.74) is -0.876. The van der Waals surface area contributed by atoms with Crippen LogP contribution in [0.1, 0.15) is 0 Å². The van der Waals surface area contributed by atoms with Crippen LogP contribution in [0.25, 0.3) is 0 Å². The zero-order valence-corrected chi connectivity index (χ0v) is 8.16. The molecule has 14 heavy (non-hydrogen) atoms. The summed E-state index contributed by atoms with van der Waals surface area (Å²) < 4.78 is 0. The number of nitro groups is 1. The zero-order valence-electron chi connectivity index (χ0n) is 6.65. The molecule has 0 aliphatic heterocycles. The average Bonchev–Trinajstić information content (AvgIpc) is 2.01. The van der Waals surface area contributed by atoms with E-state index in [1.54, 1.807) is 0 Å². The molecular formula is C6H4BCl2NO4. The first kappa shape index (κ1) is 11.3. The van der Waals surface area contributed by atoms with E-state index in [9.17, 15) is 10.1 Å². The van der Waals surface area contributed by atoms with Gasteiger partial charge in [-0.05, 0) is 6.07 Å². The van der Waals surface area contributed by atoms with Gasteiger partial charge in [0.25, 0.3) is 5.69 Å². The van der Waals surface area contributed by atoms with Crippen LogP contribution in [0.15, 0.2) is 12.1 Å². The van der Waals surface area contributed by atoms with Gasteiger partial charge in [0.2, 0.25) is 0 Å². The van der Waals surface area contributed by atoms with E-state index in [1.165, 1.54) is 6.07 Å². The summed E-state index contributed by atoms with van der Waals surface area (Å²) >= 11 is 11.1. The smallest absolute Gasteiger partial charge is 0.423 e. The Kier molecular flexibility index (Phi) is 3.33. The van der Waals surface area contributed by atoms with Crippen molar-refractivity contribution in [2.75, 3.05) is 0 Å². The van der Waals surface area contributed by atoms with Crippen LogP contribution in [0.4, 0.5) is 5.69 Å². The minimum atomic E-state index is -2.00. The molecule has 0 fully saturated rings. The molecule has 0 saturated heterocycles. The van der Waals surface area contributed by atoms with Gasteiger partial charge in [0.1, 0.15) is 0 Å². The van der Waals surface area contributed by atoms with Crippen LogP contribution in [0.2, 0.25) is 10.0 Å². The molecule has 1 aromatic carbocycles. The Morgan fingerprint density at radius 2 is 1.93 bits per heavy atom. The van der Waals surface area contributed by atoms with Gasteiger partial charge in [-0.25, -0.2) is 0 Å². The lowest BCUT2D eigenvalue weighted by Crippen LogP contribution is -2.33. The maximum Gasteiger partial charge on any atom is 0.497 e. The first-order valence-electron chi connectivity index (χ1n) is 3.43. The zero-order chi connectivity index (χ0) is 10.9. The van der Waals surface area contributed by atoms with E-state index in [2.05, 4.69) is 0 Å². The molecule has 5 nitrogen and oxygen atoms in total. The van der Waals surface area contributed by atoms with Gasteiger partial charge in [-0.3, -0.25) is 10.1 Å². The summed E-state index contributed by atoms with van der Waals surface area (Å²) in [6.07, 6.45) is 0. The van der Waals surface area contributed by atoms with E-state index in [4.69, 9.17) is 33.2 Å². The molecule has 0 spiro atoms. The van der Waals surface area contributed by atoms with Crippen molar-refractivity contribution in [1.82, 2.24) is 0 Å². The Bertz CT molecular complexity index is 384. The summed E-state index contributed by atoms with van der Waals surface area (Å²) in [5, 5.41) is 28.1. The van der Waals surface area contributed by atoms with Crippen molar-refractivity contribution in [3.05, 3.63) is 32.3 Å². The largest absolute Gasteiger partial charge is 0.497 e. The lowest BCUT2D eigenvalue weighted by molar-refractivity contribution is -0.383. The summed E-state index contributed by atoms with van der Waals surface area (Å²) in [4.78, 5) is 9.71. The van der Waals surface area contributed by atoms with E-state index in [0.29, 0.717) is 0 Å². The van der Waals surface area contributed by atoms with Gasteiger partial charge in [-0.2, -0.15) is 0 Å². The molecule has 0 unspecified atom stereocenters. The summed E-state index contributed by atoms with van der Waals surface area (Å²) in [6, 6.07) is 2.20. The Morgan fingerprint density at radius 3 is 2.36 bits per heavy atom. The van der Waals surface area contributed by atoms with Gasteiger partial charge in [-0.15, -0.1) is 0 Å². The predicted octanol–water partition coefficient (Wildman–Crippen LogP) is 0.581. The molecule has 0 saturated carbocycles. The van der Waals surface area contributed by atoms with Crippen molar-refractivity contribution >= 4 is 41.5 Å². The molecular weight excluding hydrogens is 232 g/mol. The Labute approximate surface area is 89.2 Å². The van der Waals surface area contributed by atoms with E-state index in [0.717, 1.165) is 6.07 Å². The topological polar surface area (TPSA) is 83.6 Å². The highest BCUT2D eigenvalue weighted by molar-refractivity contribution is 6.64. The summed E-state index contributed by atoms with van der Waals surface area (Å²) in [7, 11) is -2.00. The minimum absolute atomic E-state index is 0.0612. The predicted molar refractivity (Wildman–Crippen MR) is 52.9 cm³/mol. The van der Waals surface area contributed by atoms with Gasteiger partial charge < -0.3 is 10.0 Å². The molecule has 0 aromatic heterocycles. The van der Waals surface area contributed by atoms with Crippen molar-refractivity contribution < 1.29 is 15.0 Å². The first-order valence-corrected chi connectivity index (χ1v) is 4.18. The van der Waals surface area contributed by atoms with Crippen LogP contribution in [-0.4, -0.2) is 22.1 Å². The number of halogens is 2. The number of benzene rings is 1. The van der Waals surface area contributed by atoms with Gasteiger partial charge >= 0.3 is 7.12 Å². The molecule has 74 valence electrons. The van der Waals surface area contributed by atoms with Crippen molar-refractivity contribution in [2.45, 2.75) is 0 Å². The third-order valence-electron chi connectivity index (χ3n) is 1.53. The van der Waals surface area contributed by atoms with Crippen molar-refractivity contribution in [2.24, 2.45) is 0 Å². The number of hydrogen-bond donors (Lipinski definition) is 2. The van der Waals surface area contributed by atoms with Gasteiger partial charge in [0.05, 0.1) is 10.4 Å². The fourth-order valence-electron chi connectivity index (χ4n) is 0.978. The highest BCUT2D eigenvalue weighted by Crippen LogP contribution is 2.22. The van der Waals surface area contributed by atoms with E-state index in [-0.39, 0.29) is 15.5 Å². The van der Waals surface area contributed by atoms with Crippen LogP contribution >= 0.6 is 23.2 Å². The highest BCUT2D eigenvalue weighted by Gasteiger charge is 2.27. The second-order valence-electron chi connectivity index (χ2n) is 2.45. The minimum Gasteiger partial charge on any atom is -0.423 e. The van der Waals surface area contributed by atoms with Crippen LogP contribution in [0.3, 0.4) is 0 Å². The molecule has 0 bridgehead atoms. The number of hydrogen-bond acceptors (Lipinski definition) is 4. The van der Waals surface area contributed by atoms with Crippen LogP contribution in [-0.2, 0) is 0 Å². The molecule has 0 atom stereocenters. The molecule has 0 radical (unpaired) electrons. The average molecular weight is 236 g/mol. The highest BCUT2D eigenvalue weighted by atomic mass is 35.5. The quantitative estimate of drug-likeness (QED) is 0.446. The lowest BCUT2D eigenvalue weighted by atomic mass is 9.79. The molecule has 1 aromatic rings. The third-order valence-corrected chi connectivity index (χ3v) is 2.06. The fourth-order valence-corrected chi connectivity index (χ4v) is 1.56. The standard InChI is InChI=1S/C6H4BCl2NO4/c8-3-1-4(9)6(7(11)12)5(2-3)10(13)14/h1-2,11-12H. The number of nitro benzene ring substituents is 1. The fraction of sp³-hybridized carbons (Fsp3) is 0. The molecule has 0 aliphatic rings. The SMILES string of the molecule is O=[N+]([O-])c1cc(Cl)cc(Cl)c1B(O)O. The van der Waals surface area contributed by atoms with Crippen LogP contribution < -0.4 is 5.46 Å². The second kappa shape index (κ2) is 4.14. The molecule has 1 rings (SSSR count). The normalized spacial score (nSPS) is 10.0. The van der Waals surface area contributed by atoms with Crippen molar-refractivity contribution in [3.8, 4) is 0 Å². The third kappa shape index (κ3) is 2.16. The van der Waals surface area contributed by atoms with Crippen LogP contribution in [0.5, 0.6) is 0 Å². The number of rotatable bonds is 2. The molecule has 2 N–H and O–H groups in total. The first-order chi connectivity index (χ1) is 6.43. The van der Waals surface area contributed by atoms with Crippen molar-refractivity contribution in [1.29, 1.82) is 0 Å². The lowest BCUT2D eigenvalue weighted by Gasteiger charge is -2.04. The Hall–Kier alpha value is -0.815. The van der Waals surface area contributed by atoms with Gasteiger partial charge in [-0.1, -0.05) is 23.2 Å². The maximum absolute atomic E-state index is 10.5. The molecule has 0 amide bonds. The van der Waals surface area contributed by atoms with Gasteiger partial charge in [0.15, 0.2) is 0 Å². The van der Waals surface area contributed by atoms with Crippen molar-refractivity contribution in [3.63, 3.8) is 0 Å². The summed E-state index contributed by atoms with van der Waals surface area (Å²) in [5.74, 6) is 0. The number of nitrogens with zero attached hydrogens (tertiary/aromatic N) is 1. The van der Waals surface area contributed by atoms with E-state index in [1.807, 2.05) is 0 Å². The Balaban J connectivity index is 3.44. The molecule has 8 heteroatoms. The molecule has 0 aliphatic carbocycles.